The Hall–Kier alpha value is -2.49. The average molecular weight is 497 g/mol. The van der Waals surface area contributed by atoms with Gasteiger partial charge in [0.2, 0.25) is 21.7 Å². The van der Waals surface area contributed by atoms with E-state index in [-0.39, 0.29) is 17.3 Å². The molecule has 1 atom stereocenters. The molecule has 8 nitrogen and oxygen atoms in total. The fraction of sp³-hybridized carbons (Fsp3) is 0.435. The number of carbonyl (C=O) groups excluding carboxylic acids is 1. The molecule has 1 amide bonds. The summed E-state index contributed by atoms with van der Waals surface area (Å²) in [6.07, 6.45) is 1.24. The normalized spacial score (nSPS) is 16.8. The lowest BCUT2D eigenvalue weighted by atomic mass is 9.98. The number of hydrogen-bond acceptors (Lipinski definition) is 6. The van der Waals surface area contributed by atoms with Crippen molar-refractivity contribution < 1.29 is 27.4 Å². The molecule has 2 aromatic rings. The Labute approximate surface area is 200 Å². The van der Waals surface area contributed by atoms with Gasteiger partial charge in [0.25, 0.3) is 0 Å². The number of hydrogen-bond donors (Lipinski definition) is 0. The summed E-state index contributed by atoms with van der Waals surface area (Å²) in [5.41, 5.74) is 0.807. The van der Waals surface area contributed by atoms with Gasteiger partial charge in [-0.3, -0.25) is 4.79 Å². The number of halogens is 1. The lowest BCUT2D eigenvalue weighted by Gasteiger charge is -2.33. The van der Waals surface area contributed by atoms with Gasteiger partial charge in [-0.1, -0.05) is 11.6 Å². The maximum absolute atomic E-state index is 13.2. The lowest BCUT2D eigenvalue weighted by Crippen LogP contribution is -2.45. The molecular weight excluding hydrogens is 468 g/mol. The molecule has 1 saturated heterocycles. The fourth-order valence-electron chi connectivity index (χ4n) is 4.01. The van der Waals surface area contributed by atoms with Crippen molar-refractivity contribution >= 4 is 27.5 Å². The Bertz CT molecular complexity index is 1070. The van der Waals surface area contributed by atoms with Crippen LogP contribution in [0.2, 0.25) is 5.02 Å². The number of methoxy groups -OCH3 is 3. The van der Waals surface area contributed by atoms with Gasteiger partial charge in [0.05, 0.1) is 32.1 Å². The van der Waals surface area contributed by atoms with Crippen LogP contribution in [0.1, 0.15) is 18.4 Å². The van der Waals surface area contributed by atoms with Gasteiger partial charge in [-0.2, -0.15) is 4.31 Å². The van der Waals surface area contributed by atoms with Gasteiger partial charge in [-0.05, 0) is 54.8 Å². The zero-order chi connectivity index (χ0) is 24.2. The van der Waals surface area contributed by atoms with Crippen molar-refractivity contribution in [3.8, 4) is 17.2 Å². The first-order chi connectivity index (χ1) is 15.7. The monoisotopic (exact) mass is 496 g/mol. The quantitative estimate of drug-likeness (QED) is 0.556. The number of amides is 1. The van der Waals surface area contributed by atoms with E-state index in [2.05, 4.69) is 0 Å². The maximum atomic E-state index is 13.2. The largest absolute Gasteiger partial charge is 0.493 e. The van der Waals surface area contributed by atoms with E-state index in [0.717, 1.165) is 5.56 Å². The summed E-state index contributed by atoms with van der Waals surface area (Å²) in [6, 6.07) is 9.66. The van der Waals surface area contributed by atoms with Crippen molar-refractivity contribution in [1.29, 1.82) is 0 Å². The fourth-order valence-corrected chi connectivity index (χ4v) is 5.66. The highest BCUT2D eigenvalue weighted by Crippen LogP contribution is 2.38. The second-order valence-corrected chi connectivity index (χ2v) is 10.3. The Kier molecular flexibility index (Phi) is 8.10. The van der Waals surface area contributed by atoms with Gasteiger partial charge >= 0.3 is 0 Å². The molecule has 0 N–H and O–H groups in total. The minimum atomic E-state index is -3.70. The molecule has 0 unspecified atom stereocenters. The molecule has 0 bridgehead atoms. The van der Waals surface area contributed by atoms with Gasteiger partial charge in [-0.15, -0.1) is 0 Å². The lowest BCUT2D eigenvalue weighted by molar-refractivity contribution is -0.135. The van der Waals surface area contributed by atoms with Gasteiger partial charge in [0.15, 0.2) is 11.5 Å². The molecule has 33 heavy (non-hydrogen) atoms. The molecule has 1 fully saturated rings. The van der Waals surface area contributed by atoms with Gasteiger partial charge in [-0.25, -0.2) is 8.42 Å². The predicted molar refractivity (Wildman–Crippen MR) is 126 cm³/mol. The number of piperidine rings is 1. The number of carbonyl (C=O) groups is 1. The number of ether oxygens (including phenoxy) is 3. The van der Waals surface area contributed by atoms with Crippen molar-refractivity contribution in [2.24, 2.45) is 5.92 Å². The molecule has 180 valence electrons. The second kappa shape index (κ2) is 10.6. The van der Waals surface area contributed by atoms with Gasteiger partial charge in [0, 0.05) is 31.7 Å². The van der Waals surface area contributed by atoms with Crippen LogP contribution in [0.4, 0.5) is 0 Å². The molecule has 1 heterocycles. The molecule has 0 aromatic heterocycles. The van der Waals surface area contributed by atoms with Crippen molar-refractivity contribution in [3.63, 3.8) is 0 Å². The summed E-state index contributed by atoms with van der Waals surface area (Å²) < 4.78 is 43.6. The number of rotatable bonds is 8. The minimum absolute atomic E-state index is 0.111. The minimum Gasteiger partial charge on any atom is -0.493 e. The molecule has 1 aliphatic rings. The summed E-state index contributed by atoms with van der Waals surface area (Å²) >= 11 is 5.89. The van der Waals surface area contributed by atoms with E-state index in [1.165, 1.54) is 37.8 Å². The van der Waals surface area contributed by atoms with Crippen LogP contribution in [-0.4, -0.2) is 65.0 Å². The van der Waals surface area contributed by atoms with Crippen LogP contribution >= 0.6 is 11.6 Å². The third kappa shape index (κ3) is 5.54. The molecule has 2 aromatic carbocycles. The molecule has 0 spiro atoms. The molecule has 0 aliphatic carbocycles. The van der Waals surface area contributed by atoms with Crippen molar-refractivity contribution in [3.05, 3.63) is 47.0 Å². The van der Waals surface area contributed by atoms with Crippen molar-refractivity contribution in [2.45, 2.75) is 24.3 Å². The Morgan fingerprint density at radius 3 is 2.24 bits per heavy atom. The Morgan fingerprint density at radius 1 is 1.09 bits per heavy atom. The van der Waals surface area contributed by atoms with Crippen molar-refractivity contribution in [1.82, 2.24) is 9.21 Å². The SMILES string of the molecule is COc1cc(CN(C)C(=O)[C@H]2CCCN(S(=O)(=O)c3ccc(Cl)cc3)C2)cc(OC)c1OC. The van der Waals surface area contributed by atoms with E-state index in [9.17, 15) is 13.2 Å². The van der Waals surface area contributed by atoms with E-state index >= 15 is 0 Å². The van der Waals surface area contributed by atoms with E-state index < -0.39 is 15.9 Å². The summed E-state index contributed by atoms with van der Waals surface area (Å²) in [5.74, 6) is 0.955. The standard InChI is InChI=1S/C23H29ClN2O6S/c1-25(14-16-12-20(30-2)22(32-4)21(13-16)31-3)23(27)17-6-5-11-26(15-17)33(28,29)19-9-7-18(24)8-10-19/h7-10,12-13,17H,5-6,11,14-15H2,1-4H3/t17-/m0/s1. The van der Waals surface area contributed by atoms with Crippen LogP contribution in [0.5, 0.6) is 17.2 Å². The van der Waals surface area contributed by atoms with E-state index in [1.807, 2.05) is 0 Å². The first-order valence-electron chi connectivity index (χ1n) is 10.5. The van der Waals surface area contributed by atoms with E-state index in [1.54, 1.807) is 36.2 Å². The molecule has 3 rings (SSSR count). The summed E-state index contributed by atoms with van der Waals surface area (Å²) in [7, 11) is 2.61. The Morgan fingerprint density at radius 2 is 1.70 bits per heavy atom. The van der Waals surface area contributed by atoms with Gasteiger partial charge in [0.1, 0.15) is 0 Å². The summed E-state index contributed by atoms with van der Waals surface area (Å²) in [6.45, 7) is 0.838. The average Bonchev–Trinajstić information content (AvgIpc) is 2.83. The van der Waals surface area contributed by atoms with Crippen LogP contribution in [0.15, 0.2) is 41.3 Å². The van der Waals surface area contributed by atoms with Gasteiger partial charge < -0.3 is 19.1 Å². The summed E-state index contributed by atoms with van der Waals surface area (Å²) in [4.78, 5) is 15.0. The third-order valence-electron chi connectivity index (χ3n) is 5.71. The van der Waals surface area contributed by atoms with E-state index in [4.69, 9.17) is 25.8 Å². The zero-order valence-electron chi connectivity index (χ0n) is 19.2. The first-order valence-corrected chi connectivity index (χ1v) is 12.3. The number of benzene rings is 2. The maximum Gasteiger partial charge on any atom is 0.243 e. The van der Waals surface area contributed by atoms with E-state index in [0.29, 0.717) is 48.2 Å². The molecular formula is C23H29ClN2O6S. The van der Waals surface area contributed by atoms with Crippen LogP contribution < -0.4 is 14.2 Å². The molecule has 0 radical (unpaired) electrons. The zero-order valence-corrected chi connectivity index (χ0v) is 20.8. The van der Waals surface area contributed by atoms with Crippen LogP contribution in [0.25, 0.3) is 0 Å². The highest BCUT2D eigenvalue weighted by Gasteiger charge is 2.34. The highest BCUT2D eigenvalue weighted by molar-refractivity contribution is 7.89. The summed E-state index contributed by atoms with van der Waals surface area (Å²) in [5, 5.41) is 0.467. The topological polar surface area (TPSA) is 85.4 Å². The molecule has 1 aliphatic heterocycles. The Balaban J connectivity index is 1.73. The van der Waals surface area contributed by atoms with Crippen LogP contribution in [0.3, 0.4) is 0 Å². The predicted octanol–water partition coefficient (Wildman–Crippen LogP) is 3.43. The highest BCUT2D eigenvalue weighted by atomic mass is 35.5. The third-order valence-corrected chi connectivity index (χ3v) is 7.84. The molecule has 0 saturated carbocycles. The molecule has 10 heteroatoms. The second-order valence-electron chi connectivity index (χ2n) is 7.88. The first kappa shape index (κ1) is 25.1. The number of sulfonamides is 1. The number of nitrogens with zero attached hydrogens (tertiary/aromatic N) is 2. The smallest absolute Gasteiger partial charge is 0.243 e. The van der Waals surface area contributed by atoms with Crippen molar-refractivity contribution in [2.75, 3.05) is 41.5 Å². The van der Waals surface area contributed by atoms with Crippen LogP contribution in [-0.2, 0) is 21.4 Å². The van der Waals surface area contributed by atoms with Crippen LogP contribution in [0, 0.1) is 5.92 Å².